The van der Waals surface area contributed by atoms with Crippen molar-refractivity contribution in [1.29, 1.82) is 0 Å². The van der Waals surface area contributed by atoms with Gasteiger partial charge in [-0.2, -0.15) is 0 Å². The predicted octanol–water partition coefficient (Wildman–Crippen LogP) is 2.99. The van der Waals surface area contributed by atoms with Gasteiger partial charge >= 0.3 is 0 Å². The first-order valence-corrected chi connectivity index (χ1v) is 8.73. The highest BCUT2D eigenvalue weighted by Crippen LogP contribution is 2.15. The van der Waals surface area contributed by atoms with Crippen molar-refractivity contribution in [3.05, 3.63) is 65.8 Å². The monoisotopic (exact) mass is 370 g/mol. The normalized spacial score (nSPS) is 11.8. The average molecular weight is 370 g/mol. The van der Waals surface area contributed by atoms with Gasteiger partial charge in [0.15, 0.2) is 11.7 Å². The molecule has 0 fully saturated rings. The Kier molecular flexibility index (Phi) is 5.85. The number of hydrogen-bond acceptors (Lipinski definition) is 4. The van der Waals surface area contributed by atoms with E-state index in [2.05, 4.69) is 39.6 Å². The molecule has 0 radical (unpaired) electrons. The molecule has 0 aliphatic carbocycles. The second kappa shape index (κ2) is 8.48. The highest BCUT2D eigenvalue weighted by Gasteiger charge is 2.09. The van der Waals surface area contributed by atoms with Crippen LogP contribution in [0.3, 0.4) is 0 Å². The van der Waals surface area contributed by atoms with Crippen molar-refractivity contribution in [2.24, 2.45) is 4.99 Å². The zero-order valence-corrected chi connectivity index (χ0v) is 15.6. The molecule has 0 saturated carbocycles. The summed E-state index contributed by atoms with van der Waals surface area (Å²) in [4.78, 5) is 8.10. The Balaban J connectivity index is 1.55. The van der Waals surface area contributed by atoms with Crippen molar-refractivity contribution >= 4 is 5.96 Å². The number of aliphatic imine (C=N–C) groups is 1. The van der Waals surface area contributed by atoms with Gasteiger partial charge in [-0.3, -0.25) is 4.99 Å². The lowest BCUT2D eigenvalue weighted by molar-refractivity contribution is 0.372. The maximum absolute atomic E-state index is 14.3. The summed E-state index contributed by atoms with van der Waals surface area (Å²) in [5.74, 6) is 1.34. The molecule has 8 heteroatoms. The lowest BCUT2D eigenvalue weighted by Gasteiger charge is -2.12. The molecule has 3 rings (SSSR count). The summed E-state index contributed by atoms with van der Waals surface area (Å²) in [6.45, 7) is 5.03. The minimum absolute atomic E-state index is 0.307. The van der Waals surface area contributed by atoms with Crippen LogP contribution in [-0.2, 0) is 13.1 Å². The molecule has 0 saturated heterocycles. The highest BCUT2D eigenvalue weighted by atomic mass is 19.1. The van der Waals surface area contributed by atoms with E-state index in [1.807, 2.05) is 12.1 Å². The first-order valence-electron chi connectivity index (χ1n) is 8.73. The largest absolute Gasteiger partial charge is 0.359 e. The average Bonchev–Trinajstić information content (AvgIpc) is 3.34. The standard InChI is InChI=1S/C19H23FN6O/c1-13(2)17-9-15(27-25-17)11-24-19(21-3)23-10-14-4-5-18(16(20)8-14)26-7-6-22-12-26/h4-9,12-13H,10-11H2,1-3H3,(H2,21,23,24). The Morgan fingerprint density at radius 2 is 2.07 bits per heavy atom. The van der Waals surface area contributed by atoms with Crippen LogP contribution in [0.2, 0.25) is 0 Å². The molecule has 0 unspecified atom stereocenters. The van der Waals surface area contributed by atoms with Crippen LogP contribution in [0.1, 0.15) is 36.8 Å². The first kappa shape index (κ1) is 18.6. The van der Waals surface area contributed by atoms with Crippen molar-refractivity contribution < 1.29 is 8.91 Å². The first-order chi connectivity index (χ1) is 13.1. The molecule has 1 aromatic carbocycles. The van der Waals surface area contributed by atoms with Gasteiger partial charge in [-0.1, -0.05) is 25.1 Å². The van der Waals surface area contributed by atoms with Gasteiger partial charge in [-0.25, -0.2) is 9.37 Å². The Bertz CT molecular complexity index is 901. The van der Waals surface area contributed by atoms with Gasteiger partial charge in [0, 0.05) is 32.1 Å². The molecule has 7 nitrogen and oxygen atoms in total. The van der Waals surface area contributed by atoms with Gasteiger partial charge in [0.05, 0.1) is 24.3 Å². The smallest absolute Gasteiger partial charge is 0.191 e. The number of imidazole rings is 1. The summed E-state index contributed by atoms with van der Waals surface area (Å²) < 4.78 is 21.2. The molecule has 0 atom stereocenters. The number of halogens is 1. The summed E-state index contributed by atoms with van der Waals surface area (Å²) in [6, 6.07) is 7.02. The van der Waals surface area contributed by atoms with Gasteiger partial charge in [0.1, 0.15) is 5.82 Å². The lowest BCUT2D eigenvalue weighted by Crippen LogP contribution is -2.36. The van der Waals surface area contributed by atoms with E-state index in [1.54, 1.807) is 36.4 Å². The Hall–Kier alpha value is -3.16. The summed E-state index contributed by atoms with van der Waals surface area (Å²) >= 11 is 0. The molecule has 2 aromatic heterocycles. The molecule has 0 bridgehead atoms. The fourth-order valence-electron chi connectivity index (χ4n) is 2.53. The molecular weight excluding hydrogens is 347 g/mol. The zero-order valence-electron chi connectivity index (χ0n) is 15.6. The summed E-state index contributed by atoms with van der Waals surface area (Å²) in [6.07, 6.45) is 4.88. The van der Waals surface area contributed by atoms with Crippen LogP contribution in [-0.4, -0.2) is 27.7 Å². The number of benzene rings is 1. The van der Waals surface area contributed by atoms with Crippen LogP contribution in [0.25, 0.3) is 5.69 Å². The number of rotatable bonds is 6. The van der Waals surface area contributed by atoms with Crippen molar-refractivity contribution in [2.45, 2.75) is 32.9 Å². The number of guanidine groups is 1. The van der Waals surface area contributed by atoms with E-state index in [0.717, 1.165) is 17.0 Å². The minimum atomic E-state index is -0.307. The van der Waals surface area contributed by atoms with Crippen LogP contribution in [0.4, 0.5) is 4.39 Å². The molecule has 27 heavy (non-hydrogen) atoms. The third kappa shape index (κ3) is 4.72. The maximum atomic E-state index is 14.3. The quantitative estimate of drug-likeness (QED) is 0.515. The second-order valence-corrected chi connectivity index (χ2v) is 6.41. The van der Waals surface area contributed by atoms with Gasteiger partial charge in [0.2, 0.25) is 0 Å². The third-order valence-electron chi connectivity index (χ3n) is 4.08. The summed E-state index contributed by atoms with van der Waals surface area (Å²) in [5, 5.41) is 10.3. The van der Waals surface area contributed by atoms with Crippen LogP contribution in [0.15, 0.2) is 52.5 Å². The van der Waals surface area contributed by atoms with Crippen LogP contribution in [0, 0.1) is 5.82 Å². The van der Waals surface area contributed by atoms with E-state index >= 15 is 0 Å². The molecule has 142 valence electrons. The zero-order chi connectivity index (χ0) is 19.2. The number of hydrogen-bond donors (Lipinski definition) is 2. The van der Waals surface area contributed by atoms with E-state index in [0.29, 0.717) is 30.7 Å². The highest BCUT2D eigenvalue weighted by molar-refractivity contribution is 5.79. The molecular formula is C19H23FN6O. The topological polar surface area (TPSA) is 80.3 Å². The predicted molar refractivity (Wildman–Crippen MR) is 101 cm³/mol. The van der Waals surface area contributed by atoms with E-state index in [-0.39, 0.29) is 5.82 Å². The minimum Gasteiger partial charge on any atom is -0.359 e. The van der Waals surface area contributed by atoms with Crippen LogP contribution in [0.5, 0.6) is 0 Å². The van der Waals surface area contributed by atoms with E-state index in [9.17, 15) is 4.39 Å². The van der Waals surface area contributed by atoms with Gasteiger partial charge < -0.3 is 19.7 Å². The number of aromatic nitrogens is 3. The van der Waals surface area contributed by atoms with Crippen molar-refractivity contribution in [3.63, 3.8) is 0 Å². The summed E-state index contributed by atoms with van der Waals surface area (Å²) in [5.41, 5.74) is 2.19. The Morgan fingerprint density at radius 3 is 2.70 bits per heavy atom. The van der Waals surface area contributed by atoms with Crippen LogP contribution < -0.4 is 10.6 Å². The second-order valence-electron chi connectivity index (χ2n) is 6.41. The Morgan fingerprint density at radius 1 is 1.26 bits per heavy atom. The van der Waals surface area contributed by atoms with E-state index < -0.39 is 0 Å². The fourth-order valence-corrected chi connectivity index (χ4v) is 2.53. The SMILES string of the molecule is CN=C(NCc1ccc(-n2ccnc2)c(F)c1)NCc1cc(C(C)C)no1. The van der Waals surface area contributed by atoms with E-state index in [1.165, 1.54) is 6.07 Å². The molecule has 2 N–H and O–H groups in total. The van der Waals surface area contributed by atoms with Crippen LogP contribution >= 0.6 is 0 Å². The fraction of sp³-hybridized carbons (Fsp3) is 0.316. The molecule has 3 aromatic rings. The third-order valence-corrected chi connectivity index (χ3v) is 4.08. The van der Waals surface area contributed by atoms with Crippen molar-refractivity contribution in [3.8, 4) is 5.69 Å². The lowest BCUT2D eigenvalue weighted by atomic mass is 10.1. The van der Waals surface area contributed by atoms with E-state index in [4.69, 9.17) is 4.52 Å². The number of nitrogens with one attached hydrogen (secondary N) is 2. The molecule has 2 heterocycles. The number of nitrogens with zero attached hydrogens (tertiary/aromatic N) is 4. The van der Waals surface area contributed by atoms with Crippen molar-refractivity contribution in [1.82, 2.24) is 25.3 Å². The molecule has 0 spiro atoms. The maximum Gasteiger partial charge on any atom is 0.191 e. The molecule has 0 amide bonds. The Labute approximate surface area is 157 Å². The van der Waals surface area contributed by atoms with Crippen molar-refractivity contribution in [2.75, 3.05) is 7.05 Å². The summed E-state index contributed by atoms with van der Waals surface area (Å²) in [7, 11) is 1.68. The molecule has 0 aliphatic heterocycles. The van der Waals surface area contributed by atoms with Gasteiger partial charge in [0.25, 0.3) is 0 Å². The van der Waals surface area contributed by atoms with Gasteiger partial charge in [-0.15, -0.1) is 0 Å². The van der Waals surface area contributed by atoms with Gasteiger partial charge in [-0.05, 0) is 23.6 Å². The molecule has 0 aliphatic rings.